The average Bonchev–Trinajstić information content (AvgIpc) is 2.71. The summed E-state index contributed by atoms with van der Waals surface area (Å²) in [5.41, 5.74) is 0.584. The second kappa shape index (κ2) is 3.32. The molecule has 5 nitrogen and oxygen atoms in total. The molecule has 0 radical (unpaired) electrons. The van der Waals surface area contributed by atoms with E-state index in [1.54, 1.807) is 29.2 Å². The fraction of sp³-hybridized carbons (Fsp3) is 0.125. The minimum Gasteiger partial charge on any atom is -0.390 e. The summed E-state index contributed by atoms with van der Waals surface area (Å²) in [7, 11) is 0. The van der Waals surface area contributed by atoms with Crippen LogP contribution in [0.15, 0.2) is 30.9 Å². The van der Waals surface area contributed by atoms with Gasteiger partial charge in [0.05, 0.1) is 12.3 Å². The quantitative estimate of drug-likeness (QED) is 0.707. The van der Waals surface area contributed by atoms with Crippen molar-refractivity contribution in [3.05, 3.63) is 36.5 Å². The molecule has 2 aromatic rings. The zero-order valence-corrected chi connectivity index (χ0v) is 6.83. The molecule has 2 rings (SSSR count). The zero-order chi connectivity index (χ0) is 9.10. The van der Waals surface area contributed by atoms with E-state index < -0.39 is 0 Å². The molecule has 2 aromatic heterocycles. The number of aromatic nitrogens is 4. The monoisotopic (exact) mass is 176 g/mol. The molecule has 13 heavy (non-hydrogen) atoms. The second-order valence-electron chi connectivity index (χ2n) is 2.48. The molecule has 0 spiro atoms. The molecule has 0 aliphatic heterocycles. The highest BCUT2D eigenvalue weighted by atomic mass is 16.3. The molecule has 0 unspecified atom stereocenters. The van der Waals surface area contributed by atoms with Gasteiger partial charge in [0.1, 0.15) is 6.33 Å². The molecule has 5 heteroatoms. The number of hydrogen-bond donors (Lipinski definition) is 1. The fourth-order valence-corrected chi connectivity index (χ4v) is 1.00. The van der Waals surface area contributed by atoms with Crippen molar-refractivity contribution in [2.75, 3.05) is 0 Å². The first-order valence-electron chi connectivity index (χ1n) is 3.82. The van der Waals surface area contributed by atoms with Gasteiger partial charge in [0.15, 0.2) is 5.82 Å². The topological polar surface area (TPSA) is 63.8 Å². The van der Waals surface area contributed by atoms with Crippen LogP contribution in [0.5, 0.6) is 0 Å². The molecule has 0 aliphatic rings. The third kappa shape index (κ3) is 1.54. The molecule has 0 amide bonds. The maximum absolute atomic E-state index is 8.84. The summed E-state index contributed by atoms with van der Waals surface area (Å²) in [5, 5.41) is 12.8. The number of hydrogen-bond acceptors (Lipinski definition) is 4. The Balaban J connectivity index is 2.41. The Hall–Kier alpha value is -1.75. The van der Waals surface area contributed by atoms with Crippen molar-refractivity contribution in [3.8, 4) is 5.82 Å². The number of aliphatic hydroxyl groups is 1. The van der Waals surface area contributed by atoms with Crippen molar-refractivity contribution in [1.29, 1.82) is 0 Å². The molecule has 0 aromatic carbocycles. The Kier molecular flexibility index (Phi) is 2.01. The van der Waals surface area contributed by atoms with Gasteiger partial charge in [-0.3, -0.25) is 0 Å². The van der Waals surface area contributed by atoms with Crippen LogP contribution in [-0.2, 0) is 6.61 Å². The Bertz CT molecular complexity index is 385. The highest BCUT2D eigenvalue weighted by Gasteiger charge is 1.99. The fourth-order valence-electron chi connectivity index (χ4n) is 1.00. The molecule has 66 valence electrons. The van der Waals surface area contributed by atoms with Crippen LogP contribution in [0, 0.1) is 0 Å². The Morgan fingerprint density at radius 2 is 2.31 bits per heavy atom. The first-order chi connectivity index (χ1) is 6.40. The van der Waals surface area contributed by atoms with E-state index >= 15 is 0 Å². The van der Waals surface area contributed by atoms with Crippen molar-refractivity contribution in [3.63, 3.8) is 0 Å². The Morgan fingerprint density at radius 3 is 3.00 bits per heavy atom. The summed E-state index contributed by atoms with van der Waals surface area (Å²) in [6.07, 6.45) is 4.85. The lowest BCUT2D eigenvalue weighted by Crippen LogP contribution is -2.00. The standard InChI is InChI=1S/C8H8N4O/c13-5-7-4-8(10-6-9-7)12-3-1-2-11-12/h1-4,6,13H,5H2. The van der Waals surface area contributed by atoms with E-state index in [1.165, 1.54) is 6.33 Å². The SMILES string of the molecule is OCc1cc(-n2cccn2)ncn1. The maximum Gasteiger partial charge on any atom is 0.157 e. The van der Waals surface area contributed by atoms with Crippen LogP contribution in [0.2, 0.25) is 0 Å². The molecule has 0 saturated carbocycles. The molecular formula is C8H8N4O. The summed E-state index contributed by atoms with van der Waals surface area (Å²) in [6.45, 7) is -0.0865. The highest BCUT2D eigenvalue weighted by Crippen LogP contribution is 2.02. The van der Waals surface area contributed by atoms with E-state index in [-0.39, 0.29) is 6.61 Å². The van der Waals surface area contributed by atoms with E-state index in [2.05, 4.69) is 15.1 Å². The van der Waals surface area contributed by atoms with Crippen molar-refractivity contribution in [2.45, 2.75) is 6.61 Å². The van der Waals surface area contributed by atoms with Crippen molar-refractivity contribution in [2.24, 2.45) is 0 Å². The lowest BCUT2D eigenvalue weighted by Gasteiger charge is -2.00. The molecule has 0 atom stereocenters. The summed E-state index contributed by atoms with van der Waals surface area (Å²) in [6, 6.07) is 3.49. The molecule has 2 heterocycles. The zero-order valence-electron chi connectivity index (χ0n) is 6.83. The van der Waals surface area contributed by atoms with Gasteiger partial charge >= 0.3 is 0 Å². The van der Waals surface area contributed by atoms with E-state index in [0.717, 1.165) is 0 Å². The van der Waals surface area contributed by atoms with Gasteiger partial charge in [0.25, 0.3) is 0 Å². The van der Waals surface area contributed by atoms with Gasteiger partial charge in [-0.05, 0) is 6.07 Å². The molecular weight excluding hydrogens is 168 g/mol. The Labute approximate surface area is 74.7 Å². The molecule has 0 saturated heterocycles. The van der Waals surface area contributed by atoms with Gasteiger partial charge in [-0.15, -0.1) is 0 Å². The van der Waals surface area contributed by atoms with E-state index in [9.17, 15) is 0 Å². The maximum atomic E-state index is 8.84. The predicted molar refractivity (Wildman–Crippen MR) is 45.1 cm³/mol. The van der Waals surface area contributed by atoms with Gasteiger partial charge < -0.3 is 5.11 Å². The third-order valence-electron chi connectivity index (χ3n) is 1.61. The minimum absolute atomic E-state index is 0.0865. The van der Waals surface area contributed by atoms with Gasteiger partial charge in [0.2, 0.25) is 0 Å². The van der Waals surface area contributed by atoms with Crippen LogP contribution in [0.25, 0.3) is 5.82 Å². The van der Waals surface area contributed by atoms with Crippen LogP contribution in [-0.4, -0.2) is 24.9 Å². The normalized spacial score (nSPS) is 10.2. The van der Waals surface area contributed by atoms with Crippen LogP contribution >= 0.6 is 0 Å². The molecule has 0 aliphatic carbocycles. The Morgan fingerprint density at radius 1 is 1.38 bits per heavy atom. The van der Waals surface area contributed by atoms with Crippen molar-refractivity contribution < 1.29 is 5.11 Å². The third-order valence-corrected chi connectivity index (χ3v) is 1.61. The lowest BCUT2D eigenvalue weighted by atomic mass is 10.4. The number of nitrogens with zero attached hydrogens (tertiary/aromatic N) is 4. The van der Waals surface area contributed by atoms with E-state index in [0.29, 0.717) is 11.5 Å². The van der Waals surface area contributed by atoms with E-state index in [1.807, 2.05) is 0 Å². The van der Waals surface area contributed by atoms with Crippen LogP contribution in [0.3, 0.4) is 0 Å². The summed E-state index contributed by atoms with van der Waals surface area (Å²) in [4.78, 5) is 7.87. The van der Waals surface area contributed by atoms with Crippen molar-refractivity contribution >= 4 is 0 Å². The van der Waals surface area contributed by atoms with Gasteiger partial charge in [-0.2, -0.15) is 5.10 Å². The second-order valence-corrected chi connectivity index (χ2v) is 2.48. The highest BCUT2D eigenvalue weighted by molar-refractivity contribution is 5.21. The number of rotatable bonds is 2. The molecule has 0 bridgehead atoms. The van der Waals surface area contributed by atoms with Gasteiger partial charge in [-0.25, -0.2) is 14.6 Å². The molecule has 0 fully saturated rings. The predicted octanol–water partition coefficient (Wildman–Crippen LogP) is 0.155. The lowest BCUT2D eigenvalue weighted by molar-refractivity contribution is 0.276. The first kappa shape index (κ1) is 7.88. The average molecular weight is 176 g/mol. The van der Waals surface area contributed by atoms with Crippen LogP contribution < -0.4 is 0 Å². The minimum atomic E-state index is -0.0865. The van der Waals surface area contributed by atoms with Crippen molar-refractivity contribution in [1.82, 2.24) is 19.7 Å². The summed E-state index contributed by atoms with van der Waals surface area (Å²) in [5.74, 6) is 0.657. The van der Waals surface area contributed by atoms with Crippen LogP contribution in [0.4, 0.5) is 0 Å². The van der Waals surface area contributed by atoms with E-state index in [4.69, 9.17) is 5.11 Å². The molecule has 1 N–H and O–H groups in total. The smallest absolute Gasteiger partial charge is 0.157 e. The first-order valence-corrected chi connectivity index (χ1v) is 3.82. The largest absolute Gasteiger partial charge is 0.390 e. The number of aliphatic hydroxyl groups excluding tert-OH is 1. The van der Waals surface area contributed by atoms with Gasteiger partial charge in [0, 0.05) is 18.5 Å². The van der Waals surface area contributed by atoms with Gasteiger partial charge in [-0.1, -0.05) is 0 Å². The summed E-state index contributed by atoms with van der Waals surface area (Å²) >= 11 is 0. The summed E-state index contributed by atoms with van der Waals surface area (Å²) < 4.78 is 1.61. The van der Waals surface area contributed by atoms with Crippen LogP contribution in [0.1, 0.15) is 5.69 Å².